The minimum Gasteiger partial charge on any atom is -0.292 e. The van der Waals surface area contributed by atoms with E-state index in [1.165, 1.54) is 5.56 Å². The van der Waals surface area contributed by atoms with Gasteiger partial charge in [-0.25, -0.2) is 0 Å². The Balaban J connectivity index is 1.77. The molecule has 3 rings (SSSR count). The zero-order chi connectivity index (χ0) is 14.2. The van der Waals surface area contributed by atoms with Gasteiger partial charge in [0.15, 0.2) is 5.78 Å². The number of Topliss-reactive ketones (excluding diaryl/α,β-unsaturated/α-hetero) is 1. The molecule has 1 fully saturated rings. The largest absolute Gasteiger partial charge is 0.292 e. The first-order valence-corrected chi connectivity index (χ1v) is 7.00. The fraction of sp³-hybridized carbons (Fsp3) is 0.278. The summed E-state index contributed by atoms with van der Waals surface area (Å²) in [7, 11) is 0. The van der Waals surface area contributed by atoms with Crippen LogP contribution in [0.3, 0.4) is 0 Å². The van der Waals surface area contributed by atoms with Crippen LogP contribution in [0.25, 0.3) is 0 Å². The monoisotopic (exact) mass is 265 g/mol. The van der Waals surface area contributed by atoms with E-state index in [1.54, 1.807) is 0 Å². The van der Waals surface area contributed by atoms with E-state index < -0.39 is 0 Å². The molecule has 2 aromatic carbocycles. The smallest absolute Gasteiger partial charge is 0.181 e. The molecule has 0 saturated carbocycles. The minimum atomic E-state index is -0.0528. The van der Waals surface area contributed by atoms with Crippen molar-refractivity contribution in [2.75, 3.05) is 0 Å². The van der Waals surface area contributed by atoms with Crippen molar-refractivity contribution in [3.05, 3.63) is 71.8 Å². The van der Waals surface area contributed by atoms with Gasteiger partial charge in [0.05, 0.1) is 6.04 Å². The van der Waals surface area contributed by atoms with Crippen molar-refractivity contribution in [1.82, 2.24) is 4.90 Å². The van der Waals surface area contributed by atoms with Crippen LogP contribution in [0.4, 0.5) is 0 Å². The standard InChI is InChI=1S/C18H19NO/c1-18(2)17(16(20)15-11-7-4-8-12-15)19(18)13-14-9-5-3-6-10-14/h3-12,17H,13H2,1-2H3. The lowest BCUT2D eigenvalue weighted by atomic mass is 10.0. The highest BCUT2D eigenvalue weighted by molar-refractivity contribution is 6.03. The average molecular weight is 265 g/mol. The second-order valence-electron chi connectivity index (χ2n) is 5.90. The normalized spacial score (nSPS) is 23.3. The third-order valence-corrected chi connectivity index (χ3v) is 4.16. The van der Waals surface area contributed by atoms with E-state index in [0.29, 0.717) is 0 Å². The lowest BCUT2D eigenvalue weighted by Gasteiger charge is -2.05. The van der Waals surface area contributed by atoms with Crippen LogP contribution >= 0.6 is 0 Å². The Bertz CT molecular complexity index is 604. The number of nitrogens with zero attached hydrogens (tertiary/aromatic N) is 1. The molecule has 1 aliphatic rings. The summed E-state index contributed by atoms with van der Waals surface area (Å²) in [6.45, 7) is 5.11. The van der Waals surface area contributed by atoms with Crippen molar-refractivity contribution >= 4 is 5.78 Å². The third-order valence-electron chi connectivity index (χ3n) is 4.16. The number of benzene rings is 2. The van der Waals surface area contributed by atoms with Crippen molar-refractivity contribution in [1.29, 1.82) is 0 Å². The van der Waals surface area contributed by atoms with Crippen LogP contribution < -0.4 is 0 Å². The summed E-state index contributed by atoms with van der Waals surface area (Å²) in [4.78, 5) is 14.8. The Morgan fingerprint density at radius 1 is 1.00 bits per heavy atom. The first kappa shape index (κ1) is 13.1. The van der Waals surface area contributed by atoms with Crippen LogP contribution in [-0.4, -0.2) is 22.3 Å². The average Bonchev–Trinajstić information content (AvgIpc) is 3.01. The summed E-state index contributed by atoms with van der Waals surface area (Å²) in [5.74, 6) is 0.228. The van der Waals surface area contributed by atoms with Gasteiger partial charge in [-0.1, -0.05) is 60.7 Å². The van der Waals surface area contributed by atoms with E-state index in [4.69, 9.17) is 0 Å². The van der Waals surface area contributed by atoms with E-state index in [-0.39, 0.29) is 17.4 Å². The predicted molar refractivity (Wildman–Crippen MR) is 80.6 cm³/mol. The Labute approximate surface area is 120 Å². The van der Waals surface area contributed by atoms with Gasteiger partial charge in [-0.15, -0.1) is 0 Å². The number of hydrogen-bond donors (Lipinski definition) is 0. The molecule has 2 heteroatoms. The number of carbonyl (C=O) groups is 1. The molecule has 2 unspecified atom stereocenters. The van der Waals surface area contributed by atoms with Crippen molar-refractivity contribution in [3.63, 3.8) is 0 Å². The van der Waals surface area contributed by atoms with Gasteiger partial charge in [0.2, 0.25) is 0 Å². The van der Waals surface area contributed by atoms with Gasteiger partial charge in [0, 0.05) is 17.6 Å². The van der Waals surface area contributed by atoms with Crippen molar-refractivity contribution in [2.45, 2.75) is 32.0 Å². The van der Waals surface area contributed by atoms with Gasteiger partial charge in [0.25, 0.3) is 0 Å². The van der Waals surface area contributed by atoms with Gasteiger partial charge in [0.1, 0.15) is 0 Å². The summed E-state index contributed by atoms with van der Waals surface area (Å²) >= 11 is 0. The number of hydrogen-bond acceptors (Lipinski definition) is 2. The number of carbonyl (C=O) groups excluding carboxylic acids is 1. The lowest BCUT2D eigenvalue weighted by Crippen LogP contribution is -2.14. The zero-order valence-electron chi connectivity index (χ0n) is 11.9. The topological polar surface area (TPSA) is 20.1 Å². The predicted octanol–water partition coefficient (Wildman–Crippen LogP) is 3.53. The molecule has 1 saturated heterocycles. The zero-order valence-corrected chi connectivity index (χ0v) is 11.9. The molecule has 0 N–H and O–H groups in total. The molecular weight excluding hydrogens is 246 g/mol. The SMILES string of the molecule is CC1(C)C(C(=O)c2ccccc2)N1Cc1ccccc1. The van der Waals surface area contributed by atoms with E-state index in [2.05, 4.69) is 30.9 Å². The molecule has 20 heavy (non-hydrogen) atoms. The molecule has 0 amide bonds. The maximum absolute atomic E-state index is 12.6. The Morgan fingerprint density at radius 2 is 1.55 bits per heavy atom. The molecule has 2 nitrogen and oxygen atoms in total. The van der Waals surface area contributed by atoms with Crippen LogP contribution in [0, 0.1) is 0 Å². The number of rotatable bonds is 4. The van der Waals surface area contributed by atoms with Gasteiger partial charge in [-0.2, -0.15) is 0 Å². The second kappa shape index (κ2) is 4.88. The molecule has 0 spiro atoms. The van der Waals surface area contributed by atoms with Crippen LogP contribution in [-0.2, 0) is 6.54 Å². The molecule has 0 aliphatic carbocycles. The molecule has 2 atom stereocenters. The molecule has 1 aliphatic heterocycles. The quantitative estimate of drug-likeness (QED) is 0.622. The fourth-order valence-electron chi connectivity index (χ4n) is 2.86. The summed E-state index contributed by atoms with van der Waals surface area (Å²) in [6.07, 6.45) is 0. The number of ketones is 1. The van der Waals surface area contributed by atoms with Gasteiger partial charge >= 0.3 is 0 Å². The van der Waals surface area contributed by atoms with E-state index in [1.807, 2.05) is 48.5 Å². The third kappa shape index (κ3) is 2.27. The van der Waals surface area contributed by atoms with Crippen molar-refractivity contribution in [2.24, 2.45) is 0 Å². The molecule has 1 heterocycles. The maximum Gasteiger partial charge on any atom is 0.181 e. The van der Waals surface area contributed by atoms with E-state index in [9.17, 15) is 4.79 Å². The maximum atomic E-state index is 12.6. The van der Waals surface area contributed by atoms with Crippen LogP contribution in [0.15, 0.2) is 60.7 Å². The summed E-state index contributed by atoms with van der Waals surface area (Å²) in [6, 6.07) is 19.9. The van der Waals surface area contributed by atoms with Crippen LogP contribution in [0.1, 0.15) is 29.8 Å². The molecule has 0 bridgehead atoms. The molecular formula is C18H19NO. The summed E-state index contributed by atoms with van der Waals surface area (Å²) in [5.41, 5.74) is 2.01. The Morgan fingerprint density at radius 3 is 2.15 bits per heavy atom. The summed E-state index contributed by atoms with van der Waals surface area (Å²) in [5, 5.41) is 0. The van der Waals surface area contributed by atoms with Gasteiger partial charge < -0.3 is 0 Å². The molecule has 0 radical (unpaired) electrons. The van der Waals surface area contributed by atoms with E-state index in [0.717, 1.165) is 12.1 Å². The van der Waals surface area contributed by atoms with Crippen molar-refractivity contribution in [3.8, 4) is 0 Å². The van der Waals surface area contributed by atoms with Gasteiger partial charge in [-0.05, 0) is 19.4 Å². The highest BCUT2D eigenvalue weighted by Crippen LogP contribution is 2.43. The highest BCUT2D eigenvalue weighted by Gasteiger charge is 2.59. The molecule has 2 aromatic rings. The minimum absolute atomic E-state index is 0.00916. The first-order chi connectivity index (χ1) is 9.60. The highest BCUT2D eigenvalue weighted by atomic mass is 16.1. The molecule has 0 aromatic heterocycles. The lowest BCUT2D eigenvalue weighted by molar-refractivity contribution is 0.0972. The van der Waals surface area contributed by atoms with Crippen LogP contribution in [0.2, 0.25) is 0 Å². The van der Waals surface area contributed by atoms with Crippen LogP contribution in [0.5, 0.6) is 0 Å². The Kier molecular flexibility index (Phi) is 3.19. The Hall–Kier alpha value is -1.93. The van der Waals surface area contributed by atoms with Gasteiger partial charge in [-0.3, -0.25) is 9.69 Å². The summed E-state index contributed by atoms with van der Waals surface area (Å²) < 4.78 is 0. The molecule has 102 valence electrons. The second-order valence-corrected chi connectivity index (χ2v) is 5.90. The van der Waals surface area contributed by atoms with Crippen molar-refractivity contribution < 1.29 is 4.79 Å². The van der Waals surface area contributed by atoms with E-state index >= 15 is 0 Å². The fourth-order valence-corrected chi connectivity index (χ4v) is 2.86. The first-order valence-electron chi connectivity index (χ1n) is 7.00.